The molecule has 0 aliphatic heterocycles. The maximum atomic E-state index is 11.8. The fourth-order valence-electron chi connectivity index (χ4n) is 14.9. The van der Waals surface area contributed by atoms with Crippen molar-refractivity contribution in [3.63, 3.8) is 0 Å². The van der Waals surface area contributed by atoms with Gasteiger partial charge in [-0.3, -0.25) is 19.2 Å². The number of rotatable bonds is 4. The smallest absolute Gasteiger partial charge is 0.350 e. The van der Waals surface area contributed by atoms with Crippen LogP contribution in [0.25, 0.3) is 0 Å². The molecule has 0 radical (unpaired) electrons. The van der Waals surface area contributed by atoms with Gasteiger partial charge >= 0.3 is 11.6 Å². The Balaban J connectivity index is 0.000000152. The average molecular weight is 953 g/mol. The van der Waals surface area contributed by atoms with Crippen molar-refractivity contribution in [2.24, 2.45) is 57.2 Å². The third-order valence-electron chi connectivity index (χ3n) is 18.8. The Morgan fingerprint density at radius 3 is 1.24 bits per heavy atom. The van der Waals surface area contributed by atoms with Gasteiger partial charge < -0.3 is 20.4 Å². The number of benzene rings is 2. The van der Waals surface area contributed by atoms with Gasteiger partial charge in [0, 0.05) is 58.2 Å². The van der Waals surface area contributed by atoms with E-state index in [-0.39, 0.29) is 78.7 Å². The Hall–Kier alpha value is -3.69. The third kappa shape index (κ3) is 10.9. The molecule has 0 saturated heterocycles. The second kappa shape index (κ2) is 21.5. The number of fused-ring (bicyclic) bond motifs is 10. The fourth-order valence-corrected chi connectivity index (χ4v) is 14.9. The first kappa shape index (κ1) is 52.7. The molecule has 12 atom stereocenters. The van der Waals surface area contributed by atoms with Crippen LogP contribution in [-0.4, -0.2) is 65.4 Å². The fraction of sp³-hybridized carbons (Fsp3) is 0.586. The van der Waals surface area contributed by atoms with E-state index in [1.54, 1.807) is 24.3 Å². The molecule has 67 heavy (non-hydrogen) atoms. The van der Waals surface area contributed by atoms with Gasteiger partial charge in [-0.2, -0.15) is 0 Å². The van der Waals surface area contributed by atoms with Gasteiger partial charge in [0.05, 0.1) is 34.8 Å². The Morgan fingerprint density at radius 2 is 0.896 bits per heavy atom. The first-order chi connectivity index (χ1) is 31.3. The molecule has 0 aromatic heterocycles. The maximum Gasteiger partial charge on any atom is 0.350 e. The van der Waals surface area contributed by atoms with Crippen LogP contribution in [0.4, 0.5) is 0 Å². The van der Waals surface area contributed by atoms with E-state index in [4.69, 9.17) is 20.4 Å². The summed E-state index contributed by atoms with van der Waals surface area (Å²) in [6.45, 7) is 12.7. The van der Waals surface area contributed by atoms with Crippen molar-refractivity contribution in [2.75, 3.05) is 0 Å². The van der Waals surface area contributed by atoms with Crippen molar-refractivity contribution in [1.29, 1.82) is 0 Å². The van der Waals surface area contributed by atoms with Gasteiger partial charge in [0.25, 0.3) is 0 Å². The molecule has 0 heterocycles. The third-order valence-corrected chi connectivity index (χ3v) is 18.8. The Bertz CT molecular complexity index is 2080. The largest absolute Gasteiger partial charge is 0.512 e. The van der Waals surface area contributed by atoms with Crippen molar-refractivity contribution in [1.82, 2.24) is 0 Å². The molecule has 9 heteroatoms. The van der Waals surface area contributed by atoms with E-state index in [0.29, 0.717) is 22.7 Å². The van der Waals surface area contributed by atoms with Crippen LogP contribution in [-0.2, 0) is 31.3 Å². The van der Waals surface area contributed by atoms with Crippen LogP contribution >= 0.6 is 0 Å². The number of aliphatic hydroxyl groups is 2. The molecule has 6 fully saturated rings. The van der Waals surface area contributed by atoms with Gasteiger partial charge in [-0.15, -0.1) is 0 Å². The van der Waals surface area contributed by atoms with Crippen molar-refractivity contribution >= 4 is 23.1 Å². The molecule has 2 aromatic carbocycles. The van der Waals surface area contributed by atoms with Gasteiger partial charge in [0.15, 0.2) is 23.8 Å². The average Bonchev–Trinajstić information content (AvgIpc) is 3.78. The maximum absolute atomic E-state index is 11.8. The van der Waals surface area contributed by atoms with Gasteiger partial charge in [-0.05, 0) is 174 Å². The quantitative estimate of drug-likeness (QED) is 0.103. The summed E-state index contributed by atoms with van der Waals surface area (Å²) in [5.74, 6) is 5.78. The van der Waals surface area contributed by atoms with E-state index in [1.807, 2.05) is 48.6 Å². The summed E-state index contributed by atoms with van der Waals surface area (Å²) in [6, 6.07) is 18.1. The van der Waals surface area contributed by atoms with Crippen LogP contribution in [0.2, 0.25) is 0 Å². The van der Waals surface area contributed by atoms with E-state index in [0.717, 1.165) is 86.9 Å². The van der Waals surface area contributed by atoms with Crippen molar-refractivity contribution in [3.05, 3.63) is 119 Å². The topological polar surface area (TPSA) is 163 Å². The van der Waals surface area contributed by atoms with E-state index in [1.165, 1.54) is 88.5 Å². The van der Waals surface area contributed by atoms with Crippen LogP contribution in [0.5, 0.6) is 0 Å². The van der Waals surface area contributed by atoms with Crippen LogP contribution in [0.15, 0.2) is 108 Å². The second-order valence-corrected chi connectivity index (χ2v) is 22.4. The normalized spacial score (nSPS) is 37.1. The van der Waals surface area contributed by atoms with E-state index in [2.05, 4.69) is 27.7 Å². The zero-order valence-electron chi connectivity index (χ0n) is 41.1. The monoisotopic (exact) mass is 953 g/mol. The Labute approximate surface area is 414 Å². The predicted molar refractivity (Wildman–Crippen MR) is 266 cm³/mol. The molecule has 8 aliphatic rings. The molecule has 0 bridgehead atoms. The Kier molecular flexibility index (Phi) is 16.9. The summed E-state index contributed by atoms with van der Waals surface area (Å²) in [4.78, 5) is 42.3. The predicted octanol–water partition coefficient (Wildman–Crippen LogP) is 11.3. The molecule has 10 rings (SSSR count). The second-order valence-electron chi connectivity index (χ2n) is 22.4. The molecule has 8 nitrogen and oxygen atoms in total. The van der Waals surface area contributed by atoms with Crippen LogP contribution < -0.4 is 0 Å². The Morgan fingerprint density at radius 1 is 0.537 bits per heavy atom. The first-order valence-electron chi connectivity index (χ1n) is 25.2. The molecule has 6 saturated carbocycles. The zero-order valence-corrected chi connectivity index (χ0v) is 42.7. The minimum atomic E-state index is 0. The molecule has 12 unspecified atom stereocenters. The zero-order chi connectivity index (χ0) is 47.6. The molecular formula is C58H80O8Ti+4. The van der Waals surface area contributed by atoms with E-state index >= 15 is 0 Å². The summed E-state index contributed by atoms with van der Waals surface area (Å²) >= 11 is 0. The van der Waals surface area contributed by atoms with Crippen molar-refractivity contribution in [3.8, 4) is 0 Å². The number of carbonyl (C=O) groups is 2. The summed E-state index contributed by atoms with van der Waals surface area (Å²) in [5.41, 5.74) is 5.47. The minimum Gasteiger partial charge on any atom is -0.512 e. The number of hydrogen-bond donors (Lipinski definition) is 2. The van der Waals surface area contributed by atoms with Crippen LogP contribution in [0, 0.1) is 57.2 Å². The summed E-state index contributed by atoms with van der Waals surface area (Å²) in [7, 11) is 0. The number of ketones is 4. The molecule has 2 aromatic rings. The first-order valence-corrected chi connectivity index (χ1v) is 25.2. The number of allylic oxidation sites excluding steroid dienone is 6. The van der Waals surface area contributed by atoms with Crippen molar-refractivity contribution in [2.45, 2.75) is 156 Å². The van der Waals surface area contributed by atoms with E-state index in [9.17, 15) is 19.2 Å². The summed E-state index contributed by atoms with van der Waals surface area (Å²) in [5, 5.41) is 34.7. The van der Waals surface area contributed by atoms with Crippen LogP contribution in [0.3, 0.4) is 0 Å². The molecule has 8 N–H and O–H groups in total. The van der Waals surface area contributed by atoms with Crippen LogP contribution in [0.1, 0.15) is 155 Å². The summed E-state index contributed by atoms with van der Waals surface area (Å²) in [6.07, 6.45) is 25.3. The van der Waals surface area contributed by atoms with Gasteiger partial charge in [-0.25, -0.2) is 0 Å². The van der Waals surface area contributed by atoms with Gasteiger partial charge in [0.1, 0.15) is 0 Å². The van der Waals surface area contributed by atoms with Gasteiger partial charge in [-0.1, -0.05) is 75.2 Å². The SMILES string of the molecule is C/C(O)=C/C(=[OH+])c1ccccc1.C/C(O)=C/C(=[OH+])c1ccccc1.CC12CCC(=O)C=C1CCC1C2CCC2(C)C([OH2+])CCC12.CC12CCC(=O)C=C1CCC1C2CCC2(C)C([OH2+])CCC12.[Ti]. The molecular weight excluding hydrogens is 872 g/mol. The number of carbonyl (C=O) groups excluding carboxylic acids is 4. The molecule has 8 aliphatic carbocycles. The van der Waals surface area contributed by atoms with Gasteiger partial charge in [0.2, 0.25) is 0 Å². The van der Waals surface area contributed by atoms with Crippen molar-refractivity contribution < 1.29 is 61.3 Å². The molecule has 360 valence electrons. The minimum absolute atomic E-state index is 0. The molecule has 0 amide bonds. The number of hydrogen-bond acceptors (Lipinski definition) is 4. The van der Waals surface area contributed by atoms with E-state index < -0.39 is 0 Å². The standard InChI is InChI=1S/2C19H28O2.2C10H10O2.Ti/c2*1-18-9-7-13(20)11-12(18)3-4-14-15-5-6-17(21)19(15,2)10-8-16(14)18;2*1-8(11)7-10(12)9-5-3-2-4-6-9;/h2*11,14-17,21H,3-10H2,1-2H3;2*2-7,11H,1H3;/p+4/b;;2*8-7-;. The number of aliphatic hydroxyl groups excluding tert-OH is 2. The molecule has 0 spiro atoms. The summed E-state index contributed by atoms with van der Waals surface area (Å²) < 4.78 is 0.